The zero-order valence-corrected chi connectivity index (χ0v) is 9.58. The second-order valence-electron chi connectivity index (χ2n) is 3.51. The van der Waals surface area contributed by atoms with Gasteiger partial charge in [0.2, 0.25) is 0 Å². The Bertz CT molecular complexity index is 367. The lowest BCUT2D eigenvalue weighted by Crippen LogP contribution is -2.47. The molecule has 0 aromatic carbocycles. The summed E-state index contributed by atoms with van der Waals surface area (Å²) in [6.45, 7) is 4.10. The maximum absolute atomic E-state index is 12.7. The Morgan fingerprint density at radius 1 is 1.62 bits per heavy atom. The number of esters is 1. The first kappa shape index (κ1) is 12.6. The molecule has 0 bridgehead atoms. The highest BCUT2D eigenvalue weighted by atomic mass is 19.1. The van der Waals surface area contributed by atoms with Crippen LogP contribution in [0.25, 0.3) is 0 Å². The van der Waals surface area contributed by atoms with E-state index >= 15 is 0 Å². The number of nitrogens with one attached hydrogen (secondary N) is 1. The molecule has 0 aliphatic carbocycles. The predicted molar refractivity (Wildman–Crippen MR) is 57.2 cm³/mol. The highest BCUT2D eigenvalue weighted by molar-refractivity contribution is 5.81. The number of methoxy groups -OCH3 is 1. The van der Waals surface area contributed by atoms with E-state index in [4.69, 9.17) is 4.74 Å². The molecule has 1 heterocycles. The molecular weight excluding hydrogens is 211 g/mol. The van der Waals surface area contributed by atoms with E-state index in [0.29, 0.717) is 12.2 Å². The number of aromatic nitrogens is 1. The highest BCUT2D eigenvalue weighted by Gasteiger charge is 2.36. The summed E-state index contributed by atoms with van der Waals surface area (Å²) in [5.74, 6) is -0.888. The molecule has 1 atom stereocenters. The van der Waals surface area contributed by atoms with Gasteiger partial charge in [-0.3, -0.25) is 10.3 Å². The molecular formula is C11H15FN2O2. The molecule has 4 nitrogen and oxygen atoms in total. The third kappa shape index (κ3) is 2.36. The fourth-order valence-electron chi connectivity index (χ4n) is 1.50. The van der Waals surface area contributed by atoms with E-state index in [2.05, 4.69) is 10.3 Å². The molecule has 88 valence electrons. The van der Waals surface area contributed by atoms with Crippen molar-refractivity contribution in [3.05, 3.63) is 29.8 Å². The minimum absolute atomic E-state index is 0.433. The average Bonchev–Trinajstić information content (AvgIpc) is 2.29. The topological polar surface area (TPSA) is 51.2 Å². The Morgan fingerprint density at radius 3 is 2.75 bits per heavy atom. The summed E-state index contributed by atoms with van der Waals surface area (Å²) in [5, 5.41) is 2.99. The number of halogens is 1. The first-order valence-electron chi connectivity index (χ1n) is 5.00. The van der Waals surface area contributed by atoms with Gasteiger partial charge in [0, 0.05) is 0 Å². The van der Waals surface area contributed by atoms with Crippen LogP contribution in [0.15, 0.2) is 18.3 Å². The predicted octanol–water partition coefficient (Wildman–Crippen LogP) is 1.22. The average molecular weight is 226 g/mol. The van der Waals surface area contributed by atoms with Crippen molar-refractivity contribution in [2.24, 2.45) is 0 Å². The van der Waals surface area contributed by atoms with E-state index in [1.54, 1.807) is 6.92 Å². The quantitative estimate of drug-likeness (QED) is 0.784. The lowest BCUT2D eigenvalue weighted by Gasteiger charge is -2.26. The van der Waals surface area contributed by atoms with Crippen molar-refractivity contribution < 1.29 is 13.9 Å². The number of likely N-dealkylation sites (N-methyl/N-ethyl adjacent to an activating group) is 1. The summed E-state index contributed by atoms with van der Waals surface area (Å²) >= 11 is 0. The molecule has 1 unspecified atom stereocenters. The van der Waals surface area contributed by atoms with E-state index in [0.717, 1.165) is 6.20 Å². The van der Waals surface area contributed by atoms with Gasteiger partial charge in [0.15, 0.2) is 5.54 Å². The molecule has 1 aromatic rings. The minimum Gasteiger partial charge on any atom is -0.467 e. The first-order valence-corrected chi connectivity index (χ1v) is 5.00. The molecule has 0 spiro atoms. The molecule has 1 N–H and O–H groups in total. The monoisotopic (exact) mass is 226 g/mol. The number of carbonyl (C=O) groups excluding carboxylic acids is 1. The lowest BCUT2D eigenvalue weighted by molar-refractivity contribution is -0.148. The van der Waals surface area contributed by atoms with E-state index in [9.17, 15) is 9.18 Å². The largest absolute Gasteiger partial charge is 0.467 e. The van der Waals surface area contributed by atoms with Crippen LogP contribution < -0.4 is 5.32 Å². The third-order valence-corrected chi connectivity index (χ3v) is 2.36. The second-order valence-corrected chi connectivity index (χ2v) is 3.51. The van der Waals surface area contributed by atoms with Gasteiger partial charge in [0.25, 0.3) is 0 Å². The molecule has 0 saturated carbocycles. The molecule has 0 amide bonds. The molecule has 1 aromatic heterocycles. The zero-order chi connectivity index (χ0) is 12.2. The van der Waals surface area contributed by atoms with Gasteiger partial charge in [0.05, 0.1) is 19.0 Å². The van der Waals surface area contributed by atoms with Gasteiger partial charge in [-0.05, 0) is 25.6 Å². The molecule has 0 saturated heterocycles. The van der Waals surface area contributed by atoms with Gasteiger partial charge in [-0.1, -0.05) is 6.92 Å². The molecule has 1 rings (SSSR count). The maximum atomic E-state index is 12.7. The second kappa shape index (κ2) is 5.03. The summed E-state index contributed by atoms with van der Waals surface area (Å²) in [6.07, 6.45) is 1.08. The highest BCUT2D eigenvalue weighted by Crippen LogP contribution is 2.20. The Balaban J connectivity index is 3.10. The fourth-order valence-corrected chi connectivity index (χ4v) is 1.50. The number of pyridine rings is 1. The Morgan fingerprint density at radius 2 is 2.31 bits per heavy atom. The van der Waals surface area contributed by atoms with Crippen LogP contribution >= 0.6 is 0 Å². The minimum atomic E-state index is -1.04. The van der Waals surface area contributed by atoms with Gasteiger partial charge in [-0.15, -0.1) is 0 Å². The Labute approximate surface area is 93.8 Å². The normalized spacial score (nSPS) is 14.2. The van der Waals surface area contributed by atoms with Crippen LogP contribution in [0.3, 0.4) is 0 Å². The molecule has 5 heteroatoms. The number of hydrogen-bond donors (Lipinski definition) is 1. The summed E-state index contributed by atoms with van der Waals surface area (Å²) in [7, 11) is 1.31. The Hall–Kier alpha value is -1.49. The third-order valence-electron chi connectivity index (χ3n) is 2.36. The van der Waals surface area contributed by atoms with Crippen LogP contribution in [0.4, 0.5) is 4.39 Å². The first-order chi connectivity index (χ1) is 7.54. The van der Waals surface area contributed by atoms with Crippen molar-refractivity contribution in [3.63, 3.8) is 0 Å². The van der Waals surface area contributed by atoms with E-state index in [-0.39, 0.29) is 0 Å². The van der Waals surface area contributed by atoms with E-state index < -0.39 is 17.3 Å². The summed E-state index contributed by atoms with van der Waals surface area (Å²) < 4.78 is 17.5. The number of rotatable bonds is 4. The number of nitrogens with zero attached hydrogens (tertiary/aromatic N) is 1. The maximum Gasteiger partial charge on any atom is 0.332 e. The van der Waals surface area contributed by atoms with Gasteiger partial charge < -0.3 is 4.74 Å². The van der Waals surface area contributed by atoms with Crippen molar-refractivity contribution in [2.75, 3.05) is 13.7 Å². The van der Waals surface area contributed by atoms with Crippen LogP contribution in [0.1, 0.15) is 19.5 Å². The molecule has 16 heavy (non-hydrogen) atoms. The standard InChI is InChI=1S/C11H15FN2O2/c1-4-14-11(2,10(15)16-3)9-6-5-8(12)7-13-9/h5-7,14H,4H2,1-3H3. The van der Waals surface area contributed by atoms with E-state index in [1.165, 1.54) is 19.2 Å². The van der Waals surface area contributed by atoms with Crippen molar-refractivity contribution in [3.8, 4) is 0 Å². The summed E-state index contributed by atoms with van der Waals surface area (Å²) in [5.41, 5.74) is -0.611. The lowest BCUT2D eigenvalue weighted by atomic mass is 9.97. The van der Waals surface area contributed by atoms with Crippen molar-refractivity contribution in [1.29, 1.82) is 0 Å². The van der Waals surface area contributed by atoms with E-state index in [1.807, 2.05) is 6.92 Å². The Kier molecular flexibility index (Phi) is 3.95. The van der Waals surface area contributed by atoms with Crippen LogP contribution in [0.5, 0.6) is 0 Å². The van der Waals surface area contributed by atoms with Crippen LogP contribution in [-0.2, 0) is 15.1 Å². The number of carbonyl (C=O) groups is 1. The summed E-state index contributed by atoms with van der Waals surface area (Å²) in [6, 6.07) is 2.73. The van der Waals surface area contributed by atoms with Gasteiger partial charge in [-0.2, -0.15) is 0 Å². The van der Waals surface area contributed by atoms with Crippen LogP contribution in [-0.4, -0.2) is 24.6 Å². The molecule has 0 aliphatic heterocycles. The smallest absolute Gasteiger partial charge is 0.332 e. The van der Waals surface area contributed by atoms with Crippen LogP contribution in [0, 0.1) is 5.82 Å². The van der Waals surface area contributed by atoms with Gasteiger partial charge in [-0.25, -0.2) is 9.18 Å². The molecule has 0 radical (unpaired) electrons. The van der Waals surface area contributed by atoms with Crippen molar-refractivity contribution in [1.82, 2.24) is 10.3 Å². The SMILES string of the molecule is CCNC(C)(C(=O)OC)c1ccc(F)cn1. The molecule has 0 aliphatic rings. The van der Waals surface area contributed by atoms with Gasteiger partial charge >= 0.3 is 5.97 Å². The fraction of sp³-hybridized carbons (Fsp3) is 0.455. The van der Waals surface area contributed by atoms with Gasteiger partial charge in [0.1, 0.15) is 5.82 Å². The zero-order valence-electron chi connectivity index (χ0n) is 9.58. The summed E-state index contributed by atoms with van der Waals surface area (Å²) in [4.78, 5) is 15.6. The number of hydrogen-bond acceptors (Lipinski definition) is 4. The van der Waals surface area contributed by atoms with Crippen LogP contribution in [0.2, 0.25) is 0 Å². The van der Waals surface area contributed by atoms with Crippen molar-refractivity contribution in [2.45, 2.75) is 19.4 Å². The van der Waals surface area contributed by atoms with Crippen molar-refractivity contribution >= 4 is 5.97 Å². The molecule has 0 fully saturated rings. The number of ether oxygens (including phenoxy) is 1.